The molecule has 1 aromatic carbocycles. The Morgan fingerprint density at radius 1 is 1.18 bits per heavy atom. The van der Waals surface area contributed by atoms with E-state index in [1.807, 2.05) is 19.2 Å². The molecule has 2 heterocycles. The van der Waals surface area contributed by atoms with E-state index in [2.05, 4.69) is 57.6 Å². The van der Waals surface area contributed by atoms with Crippen molar-refractivity contribution >= 4 is 0 Å². The first kappa shape index (κ1) is 14.4. The summed E-state index contributed by atoms with van der Waals surface area (Å²) >= 11 is 0. The monoisotopic (exact) mass is 293 g/mol. The molecule has 3 aromatic rings. The number of aromatic nitrogens is 4. The van der Waals surface area contributed by atoms with Crippen molar-refractivity contribution in [3.8, 4) is 5.69 Å². The Bertz CT molecular complexity index is 719. The zero-order chi connectivity index (χ0) is 15.4. The van der Waals surface area contributed by atoms with Gasteiger partial charge in [0.25, 0.3) is 0 Å². The number of rotatable bonds is 5. The standard InChI is InChI=1S/C17H19N5/c1-13(20-10-16-4-3-9-19-14(16)2)15-5-7-17(8-6-15)22-12-18-11-21-22/h3-9,11-13,20H,10H2,1-2H3. The van der Waals surface area contributed by atoms with Gasteiger partial charge in [-0.1, -0.05) is 18.2 Å². The first-order valence-corrected chi connectivity index (χ1v) is 7.33. The molecular formula is C17H19N5. The van der Waals surface area contributed by atoms with Crippen LogP contribution in [0, 0.1) is 6.92 Å². The molecule has 0 spiro atoms. The van der Waals surface area contributed by atoms with Gasteiger partial charge in [-0.05, 0) is 43.2 Å². The van der Waals surface area contributed by atoms with E-state index in [0.717, 1.165) is 17.9 Å². The predicted molar refractivity (Wildman–Crippen MR) is 85.6 cm³/mol. The first-order valence-electron chi connectivity index (χ1n) is 7.33. The predicted octanol–water partition coefficient (Wildman–Crippen LogP) is 2.82. The Hall–Kier alpha value is -2.53. The lowest BCUT2D eigenvalue weighted by atomic mass is 10.1. The third kappa shape index (κ3) is 3.20. The third-order valence-corrected chi connectivity index (χ3v) is 3.79. The quantitative estimate of drug-likeness (QED) is 0.786. The van der Waals surface area contributed by atoms with Crippen LogP contribution >= 0.6 is 0 Å². The Morgan fingerprint density at radius 3 is 2.68 bits per heavy atom. The molecule has 3 rings (SSSR count). The zero-order valence-electron chi connectivity index (χ0n) is 12.8. The summed E-state index contributed by atoms with van der Waals surface area (Å²) in [5.41, 5.74) is 4.55. The van der Waals surface area contributed by atoms with Crippen molar-refractivity contribution in [1.82, 2.24) is 25.1 Å². The maximum atomic E-state index is 4.31. The Morgan fingerprint density at radius 2 is 2.00 bits per heavy atom. The fourth-order valence-electron chi connectivity index (χ4n) is 2.34. The maximum absolute atomic E-state index is 4.31. The second kappa shape index (κ2) is 6.49. The molecule has 0 saturated heterocycles. The summed E-state index contributed by atoms with van der Waals surface area (Å²) in [6, 6.07) is 12.7. The van der Waals surface area contributed by atoms with E-state index >= 15 is 0 Å². The van der Waals surface area contributed by atoms with Crippen LogP contribution in [0.2, 0.25) is 0 Å². The van der Waals surface area contributed by atoms with Crippen LogP contribution in [-0.2, 0) is 6.54 Å². The molecule has 0 radical (unpaired) electrons. The minimum Gasteiger partial charge on any atom is -0.306 e. The minimum absolute atomic E-state index is 0.268. The van der Waals surface area contributed by atoms with Gasteiger partial charge in [0.2, 0.25) is 0 Å². The number of benzene rings is 1. The van der Waals surface area contributed by atoms with Gasteiger partial charge in [0.05, 0.1) is 5.69 Å². The molecule has 1 N–H and O–H groups in total. The normalized spacial score (nSPS) is 12.3. The Kier molecular flexibility index (Phi) is 4.25. The highest BCUT2D eigenvalue weighted by Crippen LogP contribution is 2.16. The van der Waals surface area contributed by atoms with Gasteiger partial charge in [-0.25, -0.2) is 9.67 Å². The average Bonchev–Trinajstić information content (AvgIpc) is 3.08. The van der Waals surface area contributed by atoms with Crippen LogP contribution in [0.3, 0.4) is 0 Å². The van der Waals surface area contributed by atoms with Crippen molar-refractivity contribution in [2.24, 2.45) is 0 Å². The van der Waals surface area contributed by atoms with Gasteiger partial charge >= 0.3 is 0 Å². The van der Waals surface area contributed by atoms with Crippen LogP contribution in [0.15, 0.2) is 55.2 Å². The van der Waals surface area contributed by atoms with Crippen molar-refractivity contribution in [3.05, 3.63) is 72.1 Å². The number of hydrogen-bond donors (Lipinski definition) is 1. The van der Waals surface area contributed by atoms with Gasteiger partial charge in [0.1, 0.15) is 12.7 Å². The zero-order valence-corrected chi connectivity index (χ0v) is 12.8. The van der Waals surface area contributed by atoms with Gasteiger partial charge < -0.3 is 5.32 Å². The van der Waals surface area contributed by atoms with Crippen LogP contribution < -0.4 is 5.32 Å². The smallest absolute Gasteiger partial charge is 0.138 e. The molecule has 1 atom stereocenters. The summed E-state index contributed by atoms with van der Waals surface area (Å²) in [5.74, 6) is 0. The van der Waals surface area contributed by atoms with Gasteiger partial charge in [0.15, 0.2) is 0 Å². The van der Waals surface area contributed by atoms with Crippen LogP contribution in [0.5, 0.6) is 0 Å². The van der Waals surface area contributed by atoms with E-state index in [4.69, 9.17) is 0 Å². The number of aryl methyl sites for hydroxylation is 1. The van der Waals surface area contributed by atoms with E-state index in [1.165, 1.54) is 17.5 Å². The average molecular weight is 293 g/mol. The molecule has 0 aliphatic rings. The molecule has 112 valence electrons. The number of nitrogens with zero attached hydrogens (tertiary/aromatic N) is 4. The largest absolute Gasteiger partial charge is 0.306 e. The lowest BCUT2D eigenvalue weighted by molar-refractivity contribution is 0.572. The number of nitrogens with one attached hydrogen (secondary N) is 1. The molecule has 0 aliphatic carbocycles. The Labute approximate surface area is 130 Å². The van der Waals surface area contributed by atoms with E-state index in [9.17, 15) is 0 Å². The number of pyridine rings is 1. The second-order valence-corrected chi connectivity index (χ2v) is 5.28. The molecule has 1 unspecified atom stereocenters. The van der Waals surface area contributed by atoms with E-state index in [0.29, 0.717) is 0 Å². The van der Waals surface area contributed by atoms with Crippen molar-refractivity contribution < 1.29 is 0 Å². The van der Waals surface area contributed by atoms with Gasteiger partial charge in [-0.2, -0.15) is 5.10 Å². The third-order valence-electron chi connectivity index (χ3n) is 3.79. The highest BCUT2D eigenvalue weighted by Gasteiger charge is 2.07. The summed E-state index contributed by atoms with van der Waals surface area (Å²) < 4.78 is 1.75. The molecule has 22 heavy (non-hydrogen) atoms. The van der Waals surface area contributed by atoms with Crippen molar-refractivity contribution in [1.29, 1.82) is 0 Å². The van der Waals surface area contributed by atoms with Crippen molar-refractivity contribution in [3.63, 3.8) is 0 Å². The van der Waals surface area contributed by atoms with E-state index in [1.54, 1.807) is 11.0 Å². The summed E-state index contributed by atoms with van der Waals surface area (Å²) in [6.45, 7) is 5.01. The molecule has 5 heteroatoms. The summed E-state index contributed by atoms with van der Waals surface area (Å²) in [7, 11) is 0. The SMILES string of the molecule is Cc1ncccc1CNC(C)c1ccc(-n2cncn2)cc1. The molecule has 0 bridgehead atoms. The molecular weight excluding hydrogens is 274 g/mol. The first-order chi connectivity index (χ1) is 10.7. The highest BCUT2D eigenvalue weighted by molar-refractivity contribution is 5.34. The second-order valence-electron chi connectivity index (χ2n) is 5.28. The summed E-state index contributed by atoms with van der Waals surface area (Å²) in [6.07, 6.45) is 5.06. The highest BCUT2D eigenvalue weighted by atomic mass is 15.3. The van der Waals surface area contributed by atoms with Crippen molar-refractivity contribution in [2.45, 2.75) is 26.4 Å². The summed E-state index contributed by atoms with van der Waals surface area (Å²) in [5, 5.41) is 7.67. The lowest BCUT2D eigenvalue weighted by Crippen LogP contribution is -2.18. The number of hydrogen-bond acceptors (Lipinski definition) is 4. The Balaban J connectivity index is 1.65. The maximum Gasteiger partial charge on any atom is 0.138 e. The molecule has 0 aliphatic heterocycles. The van der Waals surface area contributed by atoms with Gasteiger partial charge in [0, 0.05) is 24.5 Å². The topological polar surface area (TPSA) is 55.6 Å². The van der Waals surface area contributed by atoms with Crippen LogP contribution in [0.4, 0.5) is 0 Å². The van der Waals surface area contributed by atoms with E-state index < -0.39 is 0 Å². The van der Waals surface area contributed by atoms with Gasteiger partial charge in [-0.3, -0.25) is 4.98 Å². The summed E-state index contributed by atoms with van der Waals surface area (Å²) in [4.78, 5) is 8.28. The van der Waals surface area contributed by atoms with Crippen LogP contribution in [0.1, 0.15) is 29.8 Å². The van der Waals surface area contributed by atoms with Gasteiger partial charge in [-0.15, -0.1) is 0 Å². The van der Waals surface area contributed by atoms with E-state index in [-0.39, 0.29) is 6.04 Å². The molecule has 0 saturated carbocycles. The fourth-order valence-corrected chi connectivity index (χ4v) is 2.34. The molecule has 0 fully saturated rings. The van der Waals surface area contributed by atoms with Crippen molar-refractivity contribution in [2.75, 3.05) is 0 Å². The fraction of sp³-hybridized carbons (Fsp3) is 0.235. The molecule has 5 nitrogen and oxygen atoms in total. The molecule has 2 aromatic heterocycles. The lowest BCUT2D eigenvalue weighted by Gasteiger charge is -2.15. The minimum atomic E-state index is 0.268. The molecule has 0 amide bonds. The van der Waals surface area contributed by atoms with Crippen LogP contribution in [-0.4, -0.2) is 19.7 Å². The van der Waals surface area contributed by atoms with Crippen LogP contribution in [0.25, 0.3) is 5.69 Å².